The summed E-state index contributed by atoms with van der Waals surface area (Å²) in [4.78, 5) is 4.90. The van der Waals surface area contributed by atoms with Gasteiger partial charge in [-0.1, -0.05) is 23.7 Å². The third-order valence-corrected chi connectivity index (χ3v) is 5.25. The molecule has 5 nitrogen and oxygen atoms in total. The van der Waals surface area contributed by atoms with E-state index in [9.17, 15) is 0 Å². The minimum absolute atomic E-state index is 0.0352. The maximum Gasteiger partial charge on any atom is 0.191 e. The van der Waals surface area contributed by atoms with Crippen molar-refractivity contribution in [2.24, 2.45) is 4.99 Å². The molecule has 2 aromatic rings. The Labute approximate surface area is 166 Å². The maximum absolute atomic E-state index is 6.26. The molecule has 1 saturated heterocycles. The van der Waals surface area contributed by atoms with Gasteiger partial charge in [0.05, 0.1) is 12.8 Å². The molecule has 1 aliphatic heterocycles. The average molecular weight is 390 g/mol. The molecule has 0 aliphatic carbocycles. The van der Waals surface area contributed by atoms with Crippen molar-refractivity contribution in [3.63, 3.8) is 0 Å². The Morgan fingerprint density at radius 1 is 1.19 bits per heavy atom. The predicted octanol–water partition coefficient (Wildman–Crippen LogP) is 3.78. The van der Waals surface area contributed by atoms with E-state index in [4.69, 9.17) is 25.7 Å². The topological polar surface area (TPSA) is 58.8 Å². The molecule has 146 valence electrons. The molecule has 2 heterocycles. The van der Waals surface area contributed by atoms with E-state index in [1.165, 1.54) is 5.56 Å². The first kappa shape index (κ1) is 19.8. The van der Waals surface area contributed by atoms with Gasteiger partial charge >= 0.3 is 0 Å². The van der Waals surface area contributed by atoms with E-state index in [-0.39, 0.29) is 5.41 Å². The van der Waals surface area contributed by atoms with Crippen LogP contribution in [0.4, 0.5) is 0 Å². The highest BCUT2D eigenvalue weighted by molar-refractivity contribution is 6.30. The lowest BCUT2D eigenvalue weighted by molar-refractivity contribution is 0.0531. The van der Waals surface area contributed by atoms with Crippen LogP contribution in [-0.2, 0) is 16.6 Å². The summed E-state index contributed by atoms with van der Waals surface area (Å²) in [6.45, 7) is 5.87. The second-order valence-corrected chi connectivity index (χ2v) is 7.29. The number of guanidine groups is 1. The number of halogens is 1. The Morgan fingerprint density at radius 3 is 2.74 bits per heavy atom. The Hall–Kier alpha value is -1.98. The number of nitrogens with zero attached hydrogens (tertiary/aromatic N) is 1. The van der Waals surface area contributed by atoms with Crippen molar-refractivity contribution in [3.8, 4) is 0 Å². The Bertz CT molecular complexity index is 725. The molecule has 1 aromatic carbocycles. The number of rotatable bonds is 7. The zero-order valence-corrected chi connectivity index (χ0v) is 16.6. The van der Waals surface area contributed by atoms with Crippen molar-refractivity contribution in [3.05, 3.63) is 59.0 Å². The summed E-state index contributed by atoms with van der Waals surface area (Å²) in [6, 6.07) is 12.1. The van der Waals surface area contributed by atoms with E-state index in [1.807, 2.05) is 24.3 Å². The van der Waals surface area contributed by atoms with Crippen molar-refractivity contribution in [2.75, 3.05) is 32.8 Å². The third kappa shape index (κ3) is 5.50. The van der Waals surface area contributed by atoms with Crippen LogP contribution in [0.2, 0.25) is 5.02 Å². The molecule has 1 aliphatic rings. The van der Waals surface area contributed by atoms with Gasteiger partial charge in [0, 0.05) is 43.2 Å². The molecule has 0 spiro atoms. The minimum atomic E-state index is -0.0352. The molecular weight excluding hydrogens is 362 g/mol. The van der Waals surface area contributed by atoms with Crippen molar-refractivity contribution < 1.29 is 9.15 Å². The van der Waals surface area contributed by atoms with Crippen LogP contribution < -0.4 is 10.6 Å². The van der Waals surface area contributed by atoms with E-state index < -0.39 is 0 Å². The zero-order chi connectivity index (χ0) is 19.0. The number of hydrogen-bond donors (Lipinski definition) is 2. The first-order chi connectivity index (χ1) is 13.2. The highest BCUT2D eigenvalue weighted by atomic mass is 35.5. The van der Waals surface area contributed by atoms with Gasteiger partial charge in [-0.3, -0.25) is 4.99 Å². The third-order valence-electron chi connectivity index (χ3n) is 5.01. The van der Waals surface area contributed by atoms with E-state index in [1.54, 1.807) is 6.26 Å². The number of nitrogens with one attached hydrogen (secondary N) is 2. The fourth-order valence-corrected chi connectivity index (χ4v) is 3.64. The van der Waals surface area contributed by atoms with Crippen molar-refractivity contribution >= 4 is 17.6 Å². The van der Waals surface area contributed by atoms with Gasteiger partial charge in [-0.15, -0.1) is 0 Å². The molecule has 0 bridgehead atoms. The molecule has 1 aromatic heterocycles. The molecule has 0 saturated carbocycles. The molecule has 0 unspecified atom stereocenters. The van der Waals surface area contributed by atoms with Crippen LogP contribution in [0, 0.1) is 0 Å². The van der Waals surface area contributed by atoms with Crippen LogP contribution in [0.15, 0.2) is 52.1 Å². The van der Waals surface area contributed by atoms with Crippen LogP contribution in [-0.4, -0.2) is 38.8 Å². The molecule has 1 fully saturated rings. The van der Waals surface area contributed by atoms with Gasteiger partial charge in [-0.2, -0.15) is 0 Å². The van der Waals surface area contributed by atoms with E-state index in [0.717, 1.165) is 62.3 Å². The summed E-state index contributed by atoms with van der Waals surface area (Å²) in [5.74, 6) is 1.80. The summed E-state index contributed by atoms with van der Waals surface area (Å²) in [6.07, 6.45) is 4.42. The zero-order valence-electron chi connectivity index (χ0n) is 15.8. The SMILES string of the molecule is CCNC(=NCC1(c2cccc(Cl)c2)CCOCC1)NCCc1ccco1. The summed E-state index contributed by atoms with van der Waals surface area (Å²) in [7, 11) is 0. The second kappa shape index (κ2) is 9.81. The summed E-state index contributed by atoms with van der Waals surface area (Å²) in [5.41, 5.74) is 1.21. The smallest absolute Gasteiger partial charge is 0.191 e. The summed E-state index contributed by atoms with van der Waals surface area (Å²) in [5, 5.41) is 7.50. The number of ether oxygens (including phenoxy) is 1. The minimum Gasteiger partial charge on any atom is -0.469 e. The maximum atomic E-state index is 6.26. The molecule has 6 heteroatoms. The molecule has 27 heavy (non-hydrogen) atoms. The van der Waals surface area contributed by atoms with E-state index >= 15 is 0 Å². The number of aliphatic imine (C=N–C) groups is 1. The van der Waals surface area contributed by atoms with Crippen molar-refractivity contribution in [2.45, 2.75) is 31.6 Å². The monoisotopic (exact) mass is 389 g/mol. The van der Waals surface area contributed by atoms with Gasteiger partial charge in [0.1, 0.15) is 5.76 Å². The Kier molecular flexibility index (Phi) is 7.18. The van der Waals surface area contributed by atoms with Crippen molar-refractivity contribution in [1.82, 2.24) is 10.6 Å². The fourth-order valence-electron chi connectivity index (χ4n) is 3.45. The second-order valence-electron chi connectivity index (χ2n) is 6.85. The highest BCUT2D eigenvalue weighted by Crippen LogP contribution is 2.36. The highest BCUT2D eigenvalue weighted by Gasteiger charge is 2.34. The molecule has 0 atom stereocenters. The summed E-state index contributed by atoms with van der Waals surface area (Å²) >= 11 is 6.26. The number of hydrogen-bond acceptors (Lipinski definition) is 3. The lowest BCUT2D eigenvalue weighted by Crippen LogP contribution is -2.41. The molecular formula is C21H28ClN3O2. The van der Waals surface area contributed by atoms with Gasteiger partial charge < -0.3 is 19.8 Å². The fraction of sp³-hybridized carbons (Fsp3) is 0.476. The molecule has 0 radical (unpaired) electrons. The molecule has 3 rings (SSSR count). The van der Waals surface area contributed by atoms with Gasteiger partial charge in [0.25, 0.3) is 0 Å². The van der Waals surface area contributed by atoms with Gasteiger partial charge in [0.15, 0.2) is 5.96 Å². The van der Waals surface area contributed by atoms with Crippen LogP contribution >= 0.6 is 11.6 Å². The first-order valence-electron chi connectivity index (χ1n) is 9.60. The first-order valence-corrected chi connectivity index (χ1v) is 9.98. The van der Waals surface area contributed by atoms with E-state index in [0.29, 0.717) is 6.54 Å². The Balaban J connectivity index is 1.70. The predicted molar refractivity (Wildman–Crippen MR) is 110 cm³/mol. The largest absolute Gasteiger partial charge is 0.469 e. The summed E-state index contributed by atoms with van der Waals surface area (Å²) < 4.78 is 11.0. The van der Waals surface area contributed by atoms with E-state index in [2.05, 4.69) is 29.7 Å². The quantitative estimate of drug-likeness (QED) is 0.559. The normalized spacial score (nSPS) is 16.9. The average Bonchev–Trinajstić information content (AvgIpc) is 3.20. The van der Waals surface area contributed by atoms with Gasteiger partial charge in [0.2, 0.25) is 0 Å². The molecule has 0 amide bonds. The van der Waals surface area contributed by atoms with Crippen molar-refractivity contribution in [1.29, 1.82) is 0 Å². The van der Waals surface area contributed by atoms with Crippen LogP contribution in [0.1, 0.15) is 31.1 Å². The van der Waals surface area contributed by atoms with Crippen LogP contribution in [0.3, 0.4) is 0 Å². The number of benzene rings is 1. The standard InChI is InChI=1S/C21H28ClN3O2/c1-2-23-20(24-11-8-19-7-4-12-27-19)25-16-21(9-13-26-14-10-21)17-5-3-6-18(22)15-17/h3-7,12,15H,2,8-11,13-14,16H2,1H3,(H2,23,24,25). The Morgan fingerprint density at radius 2 is 2.04 bits per heavy atom. The van der Waals surface area contributed by atoms with Crippen LogP contribution in [0.5, 0.6) is 0 Å². The lowest BCUT2D eigenvalue weighted by atomic mass is 9.74. The van der Waals surface area contributed by atoms with Crippen LogP contribution in [0.25, 0.3) is 0 Å². The molecule has 2 N–H and O–H groups in total. The van der Waals surface area contributed by atoms with Gasteiger partial charge in [-0.25, -0.2) is 0 Å². The number of furan rings is 1. The lowest BCUT2D eigenvalue weighted by Gasteiger charge is -2.36. The van der Waals surface area contributed by atoms with Gasteiger partial charge in [-0.05, 0) is 49.6 Å².